The highest BCUT2D eigenvalue weighted by Gasteiger charge is 2.45. The molecule has 1 aliphatic carbocycles. The van der Waals surface area contributed by atoms with Crippen molar-refractivity contribution in [2.75, 3.05) is 12.0 Å². The molecule has 0 amide bonds. The lowest BCUT2D eigenvalue weighted by Gasteiger charge is -2.26. The van der Waals surface area contributed by atoms with Gasteiger partial charge in [0.15, 0.2) is 0 Å². The summed E-state index contributed by atoms with van der Waals surface area (Å²) in [5.74, 6) is -0.472. The van der Waals surface area contributed by atoms with E-state index in [4.69, 9.17) is 4.74 Å². The van der Waals surface area contributed by atoms with Gasteiger partial charge >= 0.3 is 5.97 Å². The number of fused-ring (bicyclic) bond motifs is 1. The first kappa shape index (κ1) is 11.4. The van der Waals surface area contributed by atoms with Crippen molar-refractivity contribution in [2.45, 2.75) is 37.8 Å². The van der Waals surface area contributed by atoms with Gasteiger partial charge in [0, 0.05) is 17.8 Å². The molecule has 1 saturated carbocycles. The van der Waals surface area contributed by atoms with E-state index in [1.54, 1.807) is 7.11 Å². The quantitative estimate of drug-likeness (QED) is 0.890. The highest BCUT2D eigenvalue weighted by Crippen LogP contribution is 2.47. The third-order valence-corrected chi connectivity index (χ3v) is 3.98. The van der Waals surface area contributed by atoms with Gasteiger partial charge in [0.05, 0.1) is 7.11 Å². The Morgan fingerprint density at radius 1 is 1.44 bits per heavy atom. The normalized spacial score (nSPS) is 26.0. The van der Waals surface area contributed by atoms with Gasteiger partial charge in [-0.1, -0.05) is 0 Å². The molecule has 1 fully saturated rings. The van der Waals surface area contributed by atoms with Gasteiger partial charge in [0.2, 0.25) is 0 Å². The Morgan fingerprint density at radius 2 is 2.17 bits per heavy atom. The molecule has 4 heteroatoms. The minimum atomic E-state index is -0.750. The van der Waals surface area contributed by atoms with Crippen molar-refractivity contribution in [2.24, 2.45) is 0 Å². The van der Waals surface area contributed by atoms with Crippen LogP contribution in [0.15, 0.2) is 18.2 Å². The van der Waals surface area contributed by atoms with Crippen molar-refractivity contribution >= 4 is 11.7 Å². The van der Waals surface area contributed by atoms with E-state index in [2.05, 4.69) is 4.90 Å². The van der Waals surface area contributed by atoms with Gasteiger partial charge in [-0.05, 0) is 43.5 Å². The summed E-state index contributed by atoms with van der Waals surface area (Å²) in [6.07, 6.45) is 2.34. The molecule has 1 N–H and O–H groups in total. The molecule has 18 heavy (non-hydrogen) atoms. The number of rotatable bonds is 3. The Bertz CT molecular complexity index is 496. The second-order valence-electron chi connectivity index (χ2n) is 5.12. The van der Waals surface area contributed by atoms with E-state index in [1.807, 2.05) is 25.1 Å². The molecule has 2 aliphatic rings. The molecule has 2 atom stereocenters. The van der Waals surface area contributed by atoms with Crippen LogP contribution in [0.25, 0.3) is 0 Å². The van der Waals surface area contributed by atoms with Gasteiger partial charge in [0.1, 0.15) is 11.7 Å². The molecule has 1 aromatic carbocycles. The lowest BCUT2D eigenvalue weighted by Crippen LogP contribution is -2.35. The fourth-order valence-corrected chi connectivity index (χ4v) is 3.00. The lowest BCUT2D eigenvalue weighted by molar-refractivity contribution is -0.139. The summed E-state index contributed by atoms with van der Waals surface area (Å²) in [6.45, 7) is 2.00. The van der Waals surface area contributed by atoms with E-state index >= 15 is 0 Å². The number of hydrogen-bond donors (Lipinski definition) is 1. The van der Waals surface area contributed by atoms with E-state index in [-0.39, 0.29) is 6.04 Å². The Labute approximate surface area is 106 Å². The van der Waals surface area contributed by atoms with Crippen LogP contribution >= 0.6 is 0 Å². The summed E-state index contributed by atoms with van der Waals surface area (Å²) in [6, 6.07) is 6.32. The number of carboxylic acid groups (broad SMARTS) is 1. The molecule has 0 spiro atoms. The second kappa shape index (κ2) is 3.90. The van der Waals surface area contributed by atoms with Crippen LogP contribution in [0.3, 0.4) is 0 Å². The smallest absolute Gasteiger partial charge is 0.313 e. The van der Waals surface area contributed by atoms with Crippen molar-refractivity contribution < 1.29 is 14.6 Å². The molecule has 1 aromatic rings. The highest BCUT2D eigenvalue weighted by atomic mass is 16.5. The van der Waals surface area contributed by atoms with Gasteiger partial charge in [-0.15, -0.1) is 0 Å². The fourth-order valence-electron chi connectivity index (χ4n) is 3.00. The van der Waals surface area contributed by atoms with E-state index in [9.17, 15) is 9.90 Å². The highest BCUT2D eigenvalue weighted by molar-refractivity contribution is 5.84. The van der Waals surface area contributed by atoms with Crippen LogP contribution in [0.4, 0.5) is 5.69 Å². The lowest BCUT2D eigenvalue weighted by atomic mass is 9.96. The third kappa shape index (κ3) is 1.55. The zero-order valence-electron chi connectivity index (χ0n) is 10.6. The molecule has 1 heterocycles. The van der Waals surface area contributed by atoms with Crippen LogP contribution in [-0.4, -0.2) is 30.3 Å². The number of methoxy groups -OCH3 is 1. The summed E-state index contributed by atoms with van der Waals surface area (Å²) in [4.78, 5) is 13.8. The summed E-state index contributed by atoms with van der Waals surface area (Å²) in [5, 5.41) is 9.45. The Hall–Kier alpha value is -1.71. The van der Waals surface area contributed by atoms with E-state index in [1.165, 1.54) is 12.8 Å². The molecule has 0 saturated heterocycles. The average Bonchev–Trinajstić information content (AvgIpc) is 3.11. The fraction of sp³-hybridized carbons (Fsp3) is 0.500. The van der Waals surface area contributed by atoms with Crippen molar-refractivity contribution in [3.63, 3.8) is 0 Å². The molecule has 0 radical (unpaired) electrons. The van der Waals surface area contributed by atoms with E-state index in [0.29, 0.717) is 6.04 Å². The van der Waals surface area contributed by atoms with Crippen molar-refractivity contribution in [1.82, 2.24) is 0 Å². The maximum atomic E-state index is 11.5. The monoisotopic (exact) mass is 247 g/mol. The van der Waals surface area contributed by atoms with Gasteiger partial charge in [0.25, 0.3) is 0 Å². The third-order valence-electron chi connectivity index (χ3n) is 3.98. The molecular weight excluding hydrogens is 230 g/mol. The first-order chi connectivity index (χ1) is 8.63. The number of carbonyl (C=O) groups is 1. The number of nitrogens with zero attached hydrogens (tertiary/aromatic N) is 1. The number of anilines is 1. The van der Waals surface area contributed by atoms with Crippen LogP contribution in [0.1, 0.15) is 31.2 Å². The number of carboxylic acids is 1. The van der Waals surface area contributed by atoms with Crippen LogP contribution in [-0.2, 0) is 4.79 Å². The topological polar surface area (TPSA) is 49.8 Å². The molecule has 96 valence electrons. The molecule has 0 aromatic heterocycles. The molecule has 4 nitrogen and oxygen atoms in total. The first-order valence-corrected chi connectivity index (χ1v) is 6.32. The summed E-state index contributed by atoms with van der Waals surface area (Å²) in [5.41, 5.74) is 1.96. The minimum Gasteiger partial charge on any atom is -0.497 e. The standard InChI is InChI=1S/C14H17NO3/c1-8-13(14(16)17)11-7-10(18-2)5-6-12(11)15(8)9-3-4-9/h5-9,13H,3-4H2,1-2H3,(H,16,17). The van der Waals surface area contributed by atoms with Crippen LogP contribution < -0.4 is 9.64 Å². The number of benzene rings is 1. The second-order valence-corrected chi connectivity index (χ2v) is 5.12. The minimum absolute atomic E-state index is 0.0251. The molecule has 0 bridgehead atoms. The average molecular weight is 247 g/mol. The maximum absolute atomic E-state index is 11.5. The first-order valence-electron chi connectivity index (χ1n) is 6.32. The Balaban J connectivity index is 2.09. The molecular formula is C14H17NO3. The van der Waals surface area contributed by atoms with Gasteiger partial charge < -0.3 is 14.7 Å². The summed E-state index contributed by atoms with van der Waals surface area (Å²) >= 11 is 0. The van der Waals surface area contributed by atoms with Crippen LogP contribution in [0, 0.1) is 0 Å². The van der Waals surface area contributed by atoms with Crippen LogP contribution in [0.2, 0.25) is 0 Å². The van der Waals surface area contributed by atoms with Gasteiger partial charge in [-0.3, -0.25) is 4.79 Å². The Kier molecular flexibility index (Phi) is 2.47. The summed E-state index contributed by atoms with van der Waals surface area (Å²) < 4.78 is 5.20. The predicted octanol–water partition coefficient (Wildman–Crippen LogP) is 2.23. The largest absolute Gasteiger partial charge is 0.497 e. The zero-order chi connectivity index (χ0) is 12.9. The van der Waals surface area contributed by atoms with Gasteiger partial charge in [-0.25, -0.2) is 0 Å². The number of aliphatic carboxylic acids is 1. The number of hydrogen-bond acceptors (Lipinski definition) is 3. The van der Waals surface area contributed by atoms with E-state index in [0.717, 1.165) is 17.0 Å². The summed E-state index contributed by atoms with van der Waals surface area (Å²) in [7, 11) is 1.61. The predicted molar refractivity (Wildman–Crippen MR) is 68.3 cm³/mol. The molecule has 2 unspecified atom stereocenters. The molecule has 1 aliphatic heterocycles. The van der Waals surface area contributed by atoms with Gasteiger partial charge in [-0.2, -0.15) is 0 Å². The van der Waals surface area contributed by atoms with Crippen molar-refractivity contribution in [1.29, 1.82) is 0 Å². The maximum Gasteiger partial charge on any atom is 0.313 e. The Morgan fingerprint density at radius 3 is 2.72 bits per heavy atom. The molecule has 3 rings (SSSR count). The zero-order valence-corrected chi connectivity index (χ0v) is 10.6. The van der Waals surface area contributed by atoms with E-state index < -0.39 is 11.9 Å². The van der Waals surface area contributed by atoms with Crippen molar-refractivity contribution in [3.8, 4) is 5.75 Å². The van der Waals surface area contributed by atoms with Crippen LogP contribution in [0.5, 0.6) is 5.75 Å². The number of ether oxygens (including phenoxy) is 1. The van der Waals surface area contributed by atoms with Crippen molar-refractivity contribution in [3.05, 3.63) is 23.8 Å². The SMILES string of the molecule is COc1ccc2c(c1)C(C(=O)O)C(C)N2C1CC1.